The van der Waals surface area contributed by atoms with Crippen LogP contribution >= 0.6 is 0 Å². The van der Waals surface area contributed by atoms with Gasteiger partial charge in [0, 0.05) is 13.1 Å². The van der Waals surface area contributed by atoms with Crippen LogP contribution in [-0.4, -0.2) is 66.0 Å². The molecule has 39 heavy (non-hydrogen) atoms. The second-order valence-corrected chi connectivity index (χ2v) is 7.55. The van der Waals surface area contributed by atoms with Gasteiger partial charge in [0.15, 0.2) is 36.6 Å². The van der Waals surface area contributed by atoms with Crippen molar-refractivity contribution in [3.05, 3.63) is 52.6 Å². The van der Waals surface area contributed by atoms with Crippen molar-refractivity contribution in [3.63, 3.8) is 0 Å². The van der Waals surface area contributed by atoms with Gasteiger partial charge in [-0.1, -0.05) is 6.07 Å². The van der Waals surface area contributed by atoms with Gasteiger partial charge in [-0.05, 0) is 54.0 Å². The molecule has 0 atom stereocenters. The molecule has 0 saturated carbocycles. The monoisotopic (exact) mass is 538 g/mol. The van der Waals surface area contributed by atoms with Gasteiger partial charge in [-0.15, -0.1) is 0 Å². The maximum Gasteiger partial charge on any atom is 0.261 e. The Kier molecular flexibility index (Phi) is 11.6. The van der Waals surface area contributed by atoms with Crippen LogP contribution in [0.2, 0.25) is 0 Å². The number of ether oxygens (including phenoxy) is 3. The van der Waals surface area contributed by atoms with Crippen molar-refractivity contribution in [1.29, 1.82) is 10.5 Å². The average molecular weight is 539 g/mol. The number of benzene rings is 2. The number of amides is 2. The van der Waals surface area contributed by atoms with Crippen LogP contribution in [0.4, 0.5) is 0 Å². The van der Waals surface area contributed by atoms with Gasteiger partial charge >= 0.3 is 0 Å². The Balaban J connectivity index is 1.94. The van der Waals surface area contributed by atoms with Crippen LogP contribution in [-0.2, 0) is 9.59 Å². The van der Waals surface area contributed by atoms with Gasteiger partial charge in [-0.2, -0.15) is 10.5 Å². The summed E-state index contributed by atoms with van der Waals surface area (Å²) >= 11 is 0. The topological polar surface area (TPSA) is 214 Å². The lowest BCUT2D eigenvalue weighted by Crippen LogP contribution is -2.30. The van der Waals surface area contributed by atoms with Crippen molar-refractivity contribution in [2.45, 2.75) is 6.42 Å². The van der Waals surface area contributed by atoms with Crippen LogP contribution in [0, 0.1) is 22.7 Å². The number of nitrogens with zero attached hydrogens (tertiary/aromatic N) is 2. The van der Waals surface area contributed by atoms with Gasteiger partial charge in [-0.25, -0.2) is 0 Å². The molecule has 2 aromatic rings. The number of aromatic hydroxyl groups is 2. The molecule has 0 heterocycles. The van der Waals surface area contributed by atoms with E-state index in [2.05, 4.69) is 10.6 Å². The highest BCUT2D eigenvalue weighted by molar-refractivity contribution is 6.02. The van der Waals surface area contributed by atoms with Gasteiger partial charge in [0.25, 0.3) is 11.8 Å². The summed E-state index contributed by atoms with van der Waals surface area (Å²) < 4.78 is 14.9. The highest BCUT2D eigenvalue weighted by Crippen LogP contribution is 2.36. The molecule has 0 aromatic heterocycles. The molecule has 2 amide bonds. The summed E-state index contributed by atoms with van der Waals surface area (Å²) in [6.07, 6.45) is 2.79. The van der Waals surface area contributed by atoms with Crippen molar-refractivity contribution >= 4 is 24.0 Å². The zero-order valence-electron chi connectivity index (χ0n) is 20.8. The molecule has 13 heteroatoms. The molecule has 0 aliphatic heterocycles. The lowest BCUT2D eigenvalue weighted by Gasteiger charge is -2.10. The predicted octanol–water partition coefficient (Wildman–Crippen LogP) is 0.900. The van der Waals surface area contributed by atoms with Crippen LogP contribution in [0.5, 0.6) is 28.7 Å². The number of hydrogen-bond donors (Lipinski definition) is 6. The number of carbonyl (C=O) groups excluding carboxylic acids is 2. The third-order valence-corrected chi connectivity index (χ3v) is 4.98. The van der Waals surface area contributed by atoms with Gasteiger partial charge < -0.3 is 45.3 Å². The molecule has 0 aliphatic carbocycles. The van der Waals surface area contributed by atoms with Gasteiger partial charge in [-0.3, -0.25) is 9.59 Å². The molecule has 0 saturated heterocycles. The Hall–Kier alpha value is -5.24. The number of aliphatic hydroxyl groups excluding tert-OH is 2. The predicted molar refractivity (Wildman–Crippen MR) is 136 cm³/mol. The third kappa shape index (κ3) is 8.68. The van der Waals surface area contributed by atoms with E-state index in [1.807, 2.05) is 0 Å². The lowest BCUT2D eigenvalue weighted by molar-refractivity contribution is -0.117. The number of methoxy groups -OCH3 is 1. The van der Waals surface area contributed by atoms with Gasteiger partial charge in [0.1, 0.15) is 23.3 Å². The Bertz CT molecular complexity index is 1340. The van der Waals surface area contributed by atoms with Crippen LogP contribution in [0.25, 0.3) is 12.2 Å². The molecule has 0 radical (unpaired) electrons. The van der Waals surface area contributed by atoms with E-state index < -0.39 is 36.9 Å². The Morgan fingerprint density at radius 1 is 0.846 bits per heavy atom. The Morgan fingerprint density at radius 3 is 1.92 bits per heavy atom. The fourth-order valence-corrected chi connectivity index (χ4v) is 3.15. The normalized spacial score (nSPS) is 11.1. The minimum atomic E-state index is -0.692. The van der Waals surface area contributed by atoms with Crippen LogP contribution in [0.1, 0.15) is 17.5 Å². The Morgan fingerprint density at radius 2 is 1.38 bits per heavy atom. The molecule has 2 rings (SSSR count). The van der Waals surface area contributed by atoms with E-state index in [0.29, 0.717) is 5.56 Å². The summed E-state index contributed by atoms with van der Waals surface area (Å²) in [5.41, 5.74) is 0.175. The first kappa shape index (κ1) is 30.0. The van der Waals surface area contributed by atoms with E-state index in [1.54, 1.807) is 12.1 Å². The minimum Gasteiger partial charge on any atom is -0.504 e. The molecule has 204 valence electrons. The summed E-state index contributed by atoms with van der Waals surface area (Å²) in [4.78, 5) is 24.7. The lowest BCUT2D eigenvalue weighted by atomic mass is 10.1. The SMILES string of the molecule is COc1cc(/C=C(\C#N)C(=O)NCCCNC(=O)/C(C#N)=C/c2ccc(OCO)c(OCO)c2)cc(O)c1O. The first-order valence-corrected chi connectivity index (χ1v) is 11.3. The minimum absolute atomic E-state index is 0.0351. The quantitative estimate of drug-likeness (QED) is 0.0692. The van der Waals surface area contributed by atoms with Crippen molar-refractivity contribution in [3.8, 4) is 40.9 Å². The zero-order chi connectivity index (χ0) is 28.8. The van der Waals surface area contributed by atoms with E-state index in [4.69, 9.17) is 24.4 Å². The van der Waals surface area contributed by atoms with E-state index in [9.17, 15) is 30.3 Å². The summed E-state index contributed by atoms with van der Waals surface area (Å²) in [7, 11) is 1.28. The maximum atomic E-state index is 12.4. The molecule has 13 nitrogen and oxygen atoms in total. The molecule has 6 N–H and O–H groups in total. The standard InChI is InChI=1S/C26H26N4O9/c1-37-23-11-17(9-20(33)24(23)34)8-19(13-28)26(36)30-6-2-5-29-25(35)18(12-27)7-16-3-4-21(38-14-31)22(10-16)39-15-32/h3-4,7-11,31-34H,2,5-6,14-15H2,1H3,(H,29,35)(H,30,36)/b18-7+,19-8+. The molecule has 0 bridgehead atoms. The highest BCUT2D eigenvalue weighted by Gasteiger charge is 2.14. The first-order chi connectivity index (χ1) is 18.8. The van der Waals surface area contributed by atoms with E-state index in [1.165, 1.54) is 43.5 Å². The second kappa shape index (κ2) is 15.1. The molecular formula is C26H26N4O9. The number of nitriles is 2. The third-order valence-electron chi connectivity index (χ3n) is 4.98. The Labute approximate surface area is 223 Å². The second-order valence-electron chi connectivity index (χ2n) is 7.55. The van der Waals surface area contributed by atoms with Crippen molar-refractivity contribution in [2.75, 3.05) is 33.8 Å². The number of phenols is 2. The molecule has 0 fully saturated rings. The number of hydrogen-bond acceptors (Lipinski definition) is 11. The molecular weight excluding hydrogens is 512 g/mol. The zero-order valence-corrected chi connectivity index (χ0v) is 20.8. The fraction of sp³-hybridized carbons (Fsp3) is 0.231. The highest BCUT2D eigenvalue weighted by atomic mass is 16.6. The average Bonchev–Trinajstić information content (AvgIpc) is 2.93. The van der Waals surface area contributed by atoms with Gasteiger partial charge in [0.2, 0.25) is 5.75 Å². The largest absolute Gasteiger partial charge is 0.504 e. The fourth-order valence-electron chi connectivity index (χ4n) is 3.15. The van der Waals surface area contributed by atoms with E-state index in [-0.39, 0.29) is 53.5 Å². The number of aliphatic hydroxyl groups is 2. The molecule has 0 spiro atoms. The van der Waals surface area contributed by atoms with Crippen molar-refractivity contribution in [2.24, 2.45) is 0 Å². The number of nitrogens with one attached hydrogen (secondary N) is 2. The number of rotatable bonds is 13. The number of carbonyl (C=O) groups is 2. The smallest absolute Gasteiger partial charge is 0.261 e. The maximum absolute atomic E-state index is 12.4. The summed E-state index contributed by atoms with van der Waals surface area (Å²) in [5.74, 6) is -2.09. The summed E-state index contributed by atoms with van der Waals surface area (Å²) in [5, 5.41) is 61.2. The summed E-state index contributed by atoms with van der Waals surface area (Å²) in [6.45, 7) is -1.07. The van der Waals surface area contributed by atoms with E-state index >= 15 is 0 Å². The first-order valence-electron chi connectivity index (χ1n) is 11.3. The van der Waals surface area contributed by atoms with Crippen molar-refractivity contribution < 1.29 is 44.2 Å². The molecule has 0 unspecified atom stereocenters. The number of phenolic OH excluding ortho intramolecular Hbond substituents is 2. The van der Waals surface area contributed by atoms with Crippen LogP contribution < -0.4 is 24.8 Å². The van der Waals surface area contributed by atoms with Crippen molar-refractivity contribution in [1.82, 2.24) is 10.6 Å². The van der Waals surface area contributed by atoms with Crippen LogP contribution in [0.3, 0.4) is 0 Å². The van der Waals surface area contributed by atoms with Crippen LogP contribution in [0.15, 0.2) is 41.5 Å². The molecule has 2 aromatic carbocycles. The van der Waals surface area contributed by atoms with Gasteiger partial charge in [0.05, 0.1) is 7.11 Å². The molecule has 0 aliphatic rings. The summed E-state index contributed by atoms with van der Waals surface area (Å²) in [6, 6.07) is 10.4. The van der Waals surface area contributed by atoms with E-state index in [0.717, 1.165) is 6.07 Å².